The minimum atomic E-state index is 0.397. The summed E-state index contributed by atoms with van der Waals surface area (Å²) in [4.78, 5) is 0. The fourth-order valence-electron chi connectivity index (χ4n) is 5.78. The van der Waals surface area contributed by atoms with Crippen LogP contribution in [0.2, 0.25) is 0 Å². The summed E-state index contributed by atoms with van der Waals surface area (Å²) >= 11 is 0. The molecule has 0 heteroatoms. The van der Waals surface area contributed by atoms with Crippen molar-refractivity contribution in [2.75, 3.05) is 0 Å². The van der Waals surface area contributed by atoms with Gasteiger partial charge in [-0.2, -0.15) is 0 Å². The van der Waals surface area contributed by atoms with Gasteiger partial charge in [0.25, 0.3) is 0 Å². The summed E-state index contributed by atoms with van der Waals surface area (Å²) in [5, 5.41) is 0. The molecule has 39 heavy (non-hydrogen) atoms. The van der Waals surface area contributed by atoms with E-state index in [1.165, 1.54) is 22.3 Å². The Morgan fingerprint density at radius 1 is 1.03 bits per heavy atom. The lowest BCUT2D eigenvalue weighted by Gasteiger charge is -2.38. The van der Waals surface area contributed by atoms with Gasteiger partial charge in [0, 0.05) is 0 Å². The van der Waals surface area contributed by atoms with Crippen molar-refractivity contribution < 1.29 is 0 Å². The average Bonchev–Trinajstić information content (AvgIpc) is 2.93. The van der Waals surface area contributed by atoms with Crippen LogP contribution in [0, 0.1) is 29.6 Å². The molecule has 0 amide bonds. The van der Waals surface area contributed by atoms with E-state index >= 15 is 0 Å². The Labute approximate surface area is 241 Å². The Kier molecular flexibility index (Phi) is 14.7. The van der Waals surface area contributed by atoms with E-state index < -0.39 is 0 Å². The van der Waals surface area contributed by atoms with Gasteiger partial charge in [0.15, 0.2) is 0 Å². The van der Waals surface area contributed by atoms with Crippen LogP contribution in [-0.2, 0) is 6.42 Å². The molecular formula is C39H54. The molecule has 210 valence electrons. The zero-order chi connectivity index (χ0) is 28.6. The van der Waals surface area contributed by atoms with Crippen LogP contribution in [0.5, 0.6) is 0 Å². The van der Waals surface area contributed by atoms with E-state index in [2.05, 4.69) is 140 Å². The Morgan fingerprint density at radius 2 is 1.79 bits per heavy atom. The monoisotopic (exact) mass is 522 g/mol. The van der Waals surface area contributed by atoms with Crippen LogP contribution in [0.1, 0.15) is 84.8 Å². The van der Waals surface area contributed by atoms with E-state index in [-0.39, 0.29) is 0 Å². The van der Waals surface area contributed by atoms with Crippen molar-refractivity contribution in [1.82, 2.24) is 0 Å². The van der Waals surface area contributed by atoms with Gasteiger partial charge in [-0.1, -0.05) is 130 Å². The maximum absolute atomic E-state index is 4.34. The highest BCUT2D eigenvalue weighted by atomic mass is 14.4. The number of allylic oxidation sites excluding steroid dienone is 14. The molecule has 0 heterocycles. The van der Waals surface area contributed by atoms with Crippen LogP contribution in [0.4, 0.5) is 0 Å². The third kappa shape index (κ3) is 10.7. The van der Waals surface area contributed by atoms with Crippen LogP contribution >= 0.6 is 0 Å². The normalized spacial score (nSPS) is 21.7. The standard InChI is InChI=1S/C39H54/c1-9-13-15-17-20-32(8)38-23-19-18-22-34(38)26-31(7)27-36(25-24-30(5)6)39-29-33(11-3)28-35(37(39)12-4)21-16-14-10-2/h9,12,14-20,22-25,27-28,30,35-37,39H,1,4,10-11,13,21,26,29H2,2-3,5-8H3. The van der Waals surface area contributed by atoms with Crippen molar-refractivity contribution in [3.05, 3.63) is 127 Å². The predicted octanol–water partition coefficient (Wildman–Crippen LogP) is 11.7. The molecule has 0 bridgehead atoms. The number of benzene rings is 1. The predicted molar refractivity (Wildman–Crippen MR) is 177 cm³/mol. The molecule has 1 aromatic rings. The molecule has 1 aromatic carbocycles. The highest BCUT2D eigenvalue weighted by molar-refractivity contribution is 5.68. The molecular weight excluding hydrogens is 468 g/mol. The van der Waals surface area contributed by atoms with Crippen molar-refractivity contribution in [3.8, 4) is 0 Å². The summed E-state index contributed by atoms with van der Waals surface area (Å²) in [6.45, 7) is 21.8. The highest BCUT2D eigenvalue weighted by Crippen LogP contribution is 2.43. The quantitative estimate of drug-likeness (QED) is 0.159. The molecule has 0 N–H and O–H groups in total. The minimum Gasteiger partial charge on any atom is -0.103 e. The van der Waals surface area contributed by atoms with Crippen LogP contribution in [-0.4, -0.2) is 0 Å². The summed E-state index contributed by atoms with van der Waals surface area (Å²) in [5.41, 5.74) is 7.08. The van der Waals surface area contributed by atoms with Gasteiger partial charge in [0.05, 0.1) is 0 Å². The Bertz CT molecular complexity index is 1080. The van der Waals surface area contributed by atoms with Gasteiger partial charge >= 0.3 is 0 Å². The molecule has 0 aliphatic heterocycles. The SMILES string of the molecule is C=CCC=CC=C(C)c1ccccc1CC(C)=CC(C=CC(C)C)C1CC(CC)=CC(CC=CCC)C1C=C. The first kappa shape index (κ1) is 32.4. The smallest absolute Gasteiger partial charge is 0.00135 e. The van der Waals surface area contributed by atoms with Gasteiger partial charge in [-0.05, 0) is 98.7 Å². The van der Waals surface area contributed by atoms with Gasteiger partial charge in [-0.25, -0.2) is 0 Å². The molecule has 0 fully saturated rings. The van der Waals surface area contributed by atoms with Crippen molar-refractivity contribution in [2.45, 2.75) is 80.1 Å². The van der Waals surface area contributed by atoms with Gasteiger partial charge in [0.1, 0.15) is 0 Å². The summed E-state index contributed by atoms with van der Waals surface area (Å²) in [7, 11) is 0. The maximum atomic E-state index is 4.34. The lowest BCUT2D eigenvalue weighted by atomic mass is 9.66. The largest absolute Gasteiger partial charge is 0.103 e. The molecule has 0 radical (unpaired) electrons. The van der Waals surface area contributed by atoms with E-state index in [4.69, 9.17) is 0 Å². The van der Waals surface area contributed by atoms with Crippen molar-refractivity contribution in [3.63, 3.8) is 0 Å². The van der Waals surface area contributed by atoms with Crippen molar-refractivity contribution >= 4 is 5.57 Å². The molecule has 2 rings (SSSR count). The third-order valence-electron chi connectivity index (χ3n) is 7.86. The Balaban J connectivity index is 2.42. The second kappa shape index (κ2) is 17.7. The first-order valence-corrected chi connectivity index (χ1v) is 15.2. The maximum Gasteiger partial charge on any atom is -0.00135 e. The van der Waals surface area contributed by atoms with E-state index in [9.17, 15) is 0 Å². The summed E-state index contributed by atoms with van der Waals surface area (Å²) in [6.07, 6.45) is 31.8. The average molecular weight is 523 g/mol. The second-order valence-electron chi connectivity index (χ2n) is 11.5. The van der Waals surface area contributed by atoms with Crippen molar-refractivity contribution in [2.24, 2.45) is 29.6 Å². The molecule has 0 saturated heterocycles. The molecule has 0 aromatic heterocycles. The molecule has 0 saturated carbocycles. The molecule has 0 nitrogen and oxygen atoms in total. The van der Waals surface area contributed by atoms with E-state index in [0.29, 0.717) is 29.6 Å². The van der Waals surface area contributed by atoms with Crippen LogP contribution in [0.15, 0.2) is 115 Å². The molecule has 4 atom stereocenters. The molecule has 4 unspecified atom stereocenters. The Morgan fingerprint density at radius 3 is 2.46 bits per heavy atom. The van der Waals surface area contributed by atoms with E-state index in [1.807, 2.05) is 6.08 Å². The van der Waals surface area contributed by atoms with E-state index in [0.717, 1.165) is 38.5 Å². The van der Waals surface area contributed by atoms with Gasteiger partial charge in [0.2, 0.25) is 0 Å². The topological polar surface area (TPSA) is 0 Å². The van der Waals surface area contributed by atoms with E-state index in [1.54, 1.807) is 5.57 Å². The fourth-order valence-corrected chi connectivity index (χ4v) is 5.78. The van der Waals surface area contributed by atoms with Gasteiger partial charge in [-0.15, -0.1) is 13.2 Å². The highest BCUT2D eigenvalue weighted by Gasteiger charge is 2.33. The first-order valence-electron chi connectivity index (χ1n) is 15.2. The van der Waals surface area contributed by atoms with Crippen LogP contribution in [0.25, 0.3) is 5.57 Å². The molecule has 1 aliphatic rings. The summed E-state index contributed by atoms with van der Waals surface area (Å²) < 4.78 is 0. The number of hydrogen-bond acceptors (Lipinski definition) is 0. The van der Waals surface area contributed by atoms with Gasteiger partial charge in [-0.3, -0.25) is 0 Å². The number of hydrogen-bond donors (Lipinski definition) is 0. The third-order valence-corrected chi connectivity index (χ3v) is 7.86. The lowest BCUT2D eigenvalue weighted by Crippen LogP contribution is -2.30. The van der Waals surface area contributed by atoms with Crippen LogP contribution in [0.3, 0.4) is 0 Å². The molecule has 1 aliphatic carbocycles. The second-order valence-corrected chi connectivity index (χ2v) is 11.5. The Hall–Kier alpha value is -2.86. The van der Waals surface area contributed by atoms with Gasteiger partial charge < -0.3 is 0 Å². The number of rotatable bonds is 15. The van der Waals surface area contributed by atoms with Crippen LogP contribution < -0.4 is 0 Å². The zero-order valence-electron chi connectivity index (χ0n) is 25.7. The first-order chi connectivity index (χ1) is 18.8. The lowest BCUT2D eigenvalue weighted by molar-refractivity contribution is 0.259. The van der Waals surface area contributed by atoms with Crippen molar-refractivity contribution in [1.29, 1.82) is 0 Å². The molecule has 0 spiro atoms. The zero-order valence-corrected chi connectivity index (χ0v) is 25.7. The fraction of sp³-hybridized carbons (Fsp3) is 0.436. The summed E-state index contributed by atoms with van der Waals surface area (Å²) in [5.74, 6) is 2.49. The summed E-state index contributed by atoms with van der Waals surface area (Å²) in [6, 6.07) is 8.87. The minimum absolute atomic E-state index is 0.397.